The number of carbonyl (C=O) groups excluding carboxylic acids is 1. The van der Waals surface area contributed by atoms with E-state index in [1.807, 2.05) is 13.8 Å². The first-order valence-corrected chi connectivity index (χ1v) is 4.22. The minimum atomic E-state index is -0.435. The van der Waals surface area contributed by atoms with Gasteiger partial charge in [-0.3, -0.25) is 9.89 Å². The summed E-state index contributed by atoms with van der Waals surface area (Å²) in [5.41, 5.74) is 0. The van der Waals surface area contributed by atoms with Crippen molar-refractivity contribution in [3.8, 4) is 6.07 Å². The van der Waals surface area contributed by atoms with Crippen molar-refractivity contribution in [1.82, 2.24) is 20.5 Å². The first-order chi connectivity index (χ1) is 6.65. The van der Waals surface area contributed by atoms with Crippen LogP contribution in [0.4, 0.5) is 0 Å². The first-order valence-electron chi connectivity index (χ1n) is 4.22. The molecule has 2 N–H and O–H groups in total. The summed E-state index contributed by atoms with van der Waals surface area (Å²) in [5.74, 6) is 0.491. The van der Waals surface area contributed by atoms with Gasteiger partial charge in [-0.25, -0.2) is 4.98 Å². The number of hydrogen-bond donors (Lipinski definition) is 2. The van der Waals surface area contributed by atoms with Crippen LogP contribution in [0.5, 0.6) is 0 Å². The van der Waals surface area contributed by atoms with E-state index >= 15 is 0 Å². The molecule has 0 saturated heterocycles. The van der Waals surface area contributed by atoms with Gasteiger partial charge < -0.3 is 5.32 Å². The molecule has 0 unspecified atom stereocenters. The number of nitrogens with zero attached hydrogens (tertiary/aromatic N) is 3. The Kier molecular flexibility index (Phi) is 3.18. The zero-order valence-electron chi connectivity index (χ0n) is 8.03. The summed E-state index contributed by atoms with van der Waals surface area (Å²) in [5, 5.41) is 17.0. The second-order valence-electron chi connectivity index (χ2n) is 3.04. The van der Waals surface area contributed by atoms with Crippen LogP contribution >= 0.6 is 0 Å². The highest BCUT2D eigenvalue weighted by Gasteiger charge is 2.12. The zero-order chi connectivity index (χ0) is 10.6. The van der Waals surface area contributed by atoms with E-state index in [9.17, 15) is 4.79 Å². The molecular weight excluding hydrogens is 182 g/mol. The lowest BCUT2D eigenvalue weighted by Crippen LogP contribution is -2.24. The molecule has 0 spiro atoms. The number of aromatic amines is 1. The maximum atomic E-state index is 11.2. The molecule has 0 saturated carbocycles. The average molecular weight is 193 g/mol. The van der Waals surface area contributed by atoms with E-state index in [4.69, 9.17) is 5.26 Å². The summed E-state index contributed by atoms with van der Waals surface area (Å²) in [4.78, 5) is 15.2. The van der Waals surface area contributed by atoms with Crippen molar-refractivity contribution in [3.63, 3.8) is 0 Å². The largest absolute Gasteiger partial charge is 0.336 e. The van der Waals surface area contributed by atoms with E-state index in [-0.39, 0.29) is 18.3 Å². The summed E-state index contributed by atoms with van der Waals surface area (Å²) in [6.07, 6.45) is 0. The molecule has 6 heteroatoms. The Morgan fingerprint density at radius 3 is 2.93 bits per heavy atom. The molecule has 0 aromatic carbocycles. The molecule has 0 aliphatic heterocycles. The van der Waals surface area contributed by atoms with Crippen molar-refractivity contribution >= 4 is 5.91 Å². The van der Waals surface area contributed by atoms with Crippen LogP contribution in [0, 0.1) is 11.3 Å². The Morgan fingerprint density at radius 1 is 1.71 bits per heavy atom. The van der Waals surface area contributed by atoms with Crippen LogP contribution in [0.3, 0.4) is 0 Å². The number of amides is 1. The smallest absolute Gasteiger partial charge is 0.291 e. The molecule has 0 aliphatic rings. The van der Waals surface area contributed by atoms with E-state index in [0.29, 0.717) is 5.82 Å². The summed E-state index contributed by atoms with van der Waals surface area (Å²) >= 11 is 0. The highest BCUT2D eigenvalue weighted by atomic mass is 16.2. The summed E-state index contributed by atoms with van der Waals surface area (Å²) in [6, 6.07) is 1.80. The minimum Gasteiger partial charge on any atom is -0.336 e. The van der Waals surface area contributed by atoms with Crippen LogP contribution in [-0.2, 0) is 0 Å². The van der Waals surface area contributed by atoms with Crippen LogP contribution in [0.15, 0.2) is 0 Å². The number of carbonyl (C=O) groups is 1. The normalized spacial score (nSPS) is 9.86. The van der Waals surface area contributed by atoms with Crippen molar-refractivity contribution in [2.75, 3.05) is 6.54 Å². The highest BCUT2D eigenvalue weighted by molar-refractivity contribution is 5.90. The Hall–Kier alpha value is -1.90. The Balaban J connectivity index is 2.68. The standard InChI is InChI=1S/C8H11N5O/c1-5(2)6-11-7(13-12-6)8(14)10-4-3-9/h5H,4H2,1-2H3,(H,10,14)(H,11,12,13). The van der Waals surface area contributed by atoms with Gasteiger partial charge in [-0.1, -0.05) is 13.8 Å². The zero-order valence-corrected chi connectivity index (χ0v) is 8.03. The summed E-state index contributed by atoms with van der Waals surface area (Å²) in [6.45, 7) is 3.85. The fourth-order valence-corrected chi connectivity index (χ4v) is 0.833. The molecular formula is C8H11N5O. The molecule has 1 amide bonds. The van der Waals surface area contributed by atoms with E-state index in [2.05, 4.69) is 20.5 Å². The van der Waals surface area contributed by atoms with E-state index in [0.717, 1.165) is 0 Å². The Bertz CT molecular complexity index is 362. The number of nitrogens with one attached hydrogen (secondary N) is 2. The molecule has 0 atom stereocenters. The third kappa shape index (κ3) is 2.29. The number of rotatable bonds is 3. The molecule has 1 aromatic heterocycles. The van der Waals surface area contributed by atoms with Gasteiger partial charge in [0.25, 0.3) is 5.91 Å². The molecule has 14 heavy (non-hydrogen) atoms. The van der Waals surface area contributed by atoms with Crippen LogP contribution in [0.2, 0.25) is 0 Å². The van der Waals surface area contributed by atoms with Crippen molar-refractivity contribution in [2.24, 2.45) is 0 Å². The first kappa shape index (κ1) is 10.2. The van der Waals surface area contributed by atoms with Crippen LogP contribution < -0.4 is 5.32 Å². The molecule has 1 heterocycles. The Morgan fingerprint density at radius 2 is 2.43 bits per heavy atom. The van der Waals surface area contributed by atoms with Gasteiger partial charge in [-0.05, 0) is 0 Å². The van der Waals surface area contributed by atoms with Gasteiger partial charge in [0.05, 0.1) is 6.07 Å². The van der Waals surface area contributed by atoms with Gasteiger partial charge >= 0.3 is 0 Å². The second-order valence-corrected chi connectivity index (χ2v) is 3.04. The predicted molar refractivity (Wildman–Crippen MR) is 48.4 cm³/mol. The van der Waals surface area contributed by atoms with E-state index < -0.39 is 5.91 Å². The van der Waals surface area contributed by atoms with Crippen LogP contribution in [0.1, 0.15) is 36.2 Å². The number of aromatic nitrogens is 3. The van der Waals surface area contributed by atoms with Gasteiger partial charge in [0.2, 0.25) is 5.82 Å². The monoisotopic (exact) mass is 193 g/mol. The fraction of sp³-hybridized carbons (Fsp3) is 0.500. The lowest BCUT2D eigenvalue weighted by Gasteiger charge is -1.95. The SMILES string of the molecule is CC(C)c1nc(C(=O)NCC#N)n[nH]1. The molecule has 6 nitrogen and oxygen atoms in total. The molecule has 0 fully saturated rings. The third-order valence-corrected chi connectivity index (χ3v) is 1.58. The van der Waals surface area contributed by atoms with Crippen molar-refractivity contribution in [2.45, 2.75) is 19.8 Å². The molecule has 0 radical (unpaired) electrons. The maximum Gasteiger partial charge on any atom is 0.291 e. The van der Waals surface area contributed by atoms with E-state index in [1.165, 1.54) is 0 Å². The molecule has 0 bridgehead atoms. The van der Waals surface area contributed by atoms with Crippen LogP contribution in [0.25, 0.3) is 0 Å². The minimum absolute atomic E-state index is 0.0373. The number of H-pyrrole nitrogens is 1. The highest BCUT2D eigenvalue weighted by Crippen LogP contribution is 2.07. The second kappa shape index (κ2) is 4.37. The van der Waals surface area contributed by atoms with Crippen molar-refractivity contribution in [3.05, 3.63) is 11.6 Å². The van der Waals surface area contributed by atoms with Crippen molar-refractivity contribution in [1.29, 1.82) is 5.26 Å². The summed E-state index contributed by atoms with van der Waals surface area (Å²) in [7, 11) is 0. The van der Waals surface area contributed by atoms with Gasteiger partial charge in [0, 0.05) is 5.92 Å². The van der Waals surface area contributed by atoms with Gasteiger partial charge in [0.1, 0.15) is 12.4 Å². The molecule has 1 aromatic rings. The number of hydrogen-bond acceptors (Lipinski definition) is 4. The Labute approximate surface area is 81.3 Å². The van der Waals surface area contributed by atoms with Gasteiger partial charge in [-0.2, -0.15) is 5.26 Å². The lowest BCUT2D eigenvalue weighted by molar-refractivity contribution is 0.0948. The topological polar surface area (TPSA) is 94.5 Å². The third-order valence-electron chi connectivity index (χ3n) is 1.58. The van der Waals surface area contributed by atoms with Crippen molar-refractivity contribution < 1.29 is 4.79 Å². The predicted octanol–water partition coefficient (Wildman–Crippen LogP) is 0.181. The fourth-order valence-electron chi connectivity index (χ4n) is 0.833. The van der Waals surface area contributed by atoms with Crippen LogP contribution in [-0.4, -0.2) is 27.6 Å². The average Bonchev–Trinajstić information content (AvgIpc) is 2.62. The quantitative estimate of drug-likeness (QED) is 0.669. The maximum absolute atomic E-state index is 11.2. The molecule has 74 valence electrons. The summed E-state index contributed by atoms with van der Waals surface area (Å²) < 4.78 is 0. The molecule has 1 rings (SSSR count). The van der Waals surface area contributed by atoms with Gasteiger partial charge in [-0.15, -0.1) is 5.10 Å². The number of nitriles is 1. The lowest BCUT2D eigenvalue weighted by atomic mass is 10.2. The van der Waals surface area contributed by atoms with Gasteiger partial charge in [0.15, 0.2) is 0 Å². The molecule has 0 aliphatic carbocycles. The van der Waals surface area contributed by atoms with E-state index in [1.54, 1.807) is 6.07 Å².